The third-order valence-corrected chi connectivity index (χ3v) is 0.188. The molecule has 0 heterocycles. The van der Waals surface area contributed by atoms with Crippen molar-refractivity contribution in [3.63, 3.8) is 0 Å². The molecular formula is C6-2. The highest BCUT2D eigenvalue weighted by Crippen LogP contribution is 1.43. The Kier molecular flexibility index (Phi) is 2.87. The zero-order valence-electron chi connectivity index (χ0n) is 3.00. The summed E-state index contributed by atoms with van der Waals surface area (Å²) in [6.45, 7) is 0. The van der Waals surface area contributed by atoms with Gasteiger partial charge in [0.15, 0.2) is 0 Å². The van der Waals surface area contributed by atoms with Crippen LogP contribution in [0.5, 0.6) is 0 Å². The normalized spacial score (nSPS) is 3.00. The SMILES string of the molecule is [C-]#CC#CC#[C-]. The maximum absolute atomic E-state index is 6.16. The summed E-state index contributed by atoms with van der Waals surface area (Å²) in [5.41, 5.74) is 0. The third-order valence-electron chi connectivity index (χ3n) is 0.188. The summed E-state index contributed by atoms with van der Waals surface area (Å²) in [6, 6.07) is 0. The molecule has 0 fully saturated rings. The zero-order chi connectivity index (χ0) is 4.83. The summed E-state index contributed by atoms with van der Waals surface area (Å²) >= 11 is 0. The van der Waals surface area contributed by atoms with Crippen LogP contribution in [0.3, 0.4) is 0 Å². The van der Waals surface area contributed by atoms with Gasteiger partial charge in [0, 0.05) is 0 Å². The monoisotopic (exact) mass is 72.0 g/mol. The first-order chi connectivity index (χ1) is 2.91. The predicted octanol–water partition coefficient (Wildman–Crippen LogP) is 0.169. The second-order valence-electron chi connectivity index (χ2n) is 0.500. The molecule has 26 valence electrons. The molecule has 0 amide bonds. The van der Waals surface area contributed by atoms with Crippen molar-refractivity contribution in [3.05, 3.63) is 12.8 Å². The molecule has 0 aliphatic rings. The van der Waals surface area contributed by atoms with E-state index in [9.17, 15) is 0 Å². The fourth-order valence-corrected chi connectivity index (χ4v) is 0.0625. The van der Waals surface area contributed by atoms with Gasteiger partial charge in [-0.15, -0.1) is 0 Å². The molecule has 0 N–H and O–H groups in total. The highest BCUT2D eigenvalue weighted by atomic mass is 13.4. The standard InChI is InChI=1S/C6/c1-3-5-6-4-2/q-2. The first kappa shape index (κ1) is 4.68. The lowest BCUT2D eigenvalue weighted by Crippen LogP contribution is -1.41. The number of hydrogen-bond donors (Lipinski definition) is 0. The third kappa shape index (κ3) is 2.68. The Morgan fingerprint density at radius 1 is 0.833 bits per heavy atom. The molecule has 0 spiro atoms. The Balaban J connectivity index is 3.60. The topological polar surface area (TPSA) is 0 Å². The van der Waals surface area contributed by atoms with Gasteiger partial charge in [-0.05, 0) is 0 Å². The molecular weight excluding hydrogens is 72.1 g/mol. The molecule has 0 atom stereocenters. The van der Waals surface area contributed by atoms with Crippen LogP contribution in [0.4, 0.5) is 0 Å². The molecule has 0 saturated carbocycles. The Labute approximate surface area is 37.6 Å². The molecule has 6 heavy (non-hydrogen) atoms. The molecule has 0 rings (SSSR count). The van der Waals surface area contributed by atoms with Gasteiger partial charge in [-0.2, -0.15) is 0 Å². The molecule has 0 radical (unpaired) electrons. The van der Waals surface area contributed by atoms with Gasteiger partial charge in [0.2, 0.25) is 0 Å². The Morgan fingerprint density at radius 3 is 1.33 bits per heavy atom. The van der Waals surface area contributed by atoms with Crippen molar-refractivity contribution in [2.24, 2.45) is 0 Å². The molecule has 0 unspecified atom stereocenters. The van der Waals surface area contributed by atoms with Crippen molar-refractivity contribution in [2.45, 2.75) is 0 Å². The maximum Gasteiger partial charge on any atom is -0.280 e. The largest absolute Gasteiger partial charge is 0.360 e. The molecule has 0 heteroatoms. The van der Waals surface area contributed by atoms with Crippen LogP contribution in [0.25, 0.3) is 0 Å². The second-order valence-corrected chi connectivity index (χ2v) is 0.500. The van der Waals surface area contributed by atoms with Crippen LogP contribution in [0, 0.1) is 36.5 Å². The van der Waals surface area contributed by atoms with Gasteiger partial charge in [-0.25, -0.2) is 0 Å². The predicted molar refractivity (Wildman–Crippen MR) is 22.0 cm³/mol. The van der Waals surface area contributed by atoms with Gasteiger partial charge in [0.05, 0.1) is 0 Å². The minimum atomic E-state index is 1.78. The quantitative estimate of drug-likeness (QED) is 0.282. The lowest BCUT2D eigenvalue weighted by molar-refractivity contribution is 2.40. The molecule has 0 aromatic carbocycles. The summed E-state index contributed by atoms with van der Waals surface area (Å²) in [5.74, 6) is 7.68. The van der Waals surface area contributed by atoms with Gasteiger partial charge in [0.25, 0.3) is 0 Å². The Hall–Kier alpha value is -1.32. The van der Waals surface area contributed by atoms with Crippen LogP contribution in [0.2, 0.25) is 0 Å². The van der Waals surface area contributed by atoms with Crippen molar-refractivity contribution < 1.29 is 0 Å². The lowest BCUT2D eigenvalue weighted by atomic mass is 10.6. The van der Waals surface area contributed by atoms with E-state index in [4.69, 9.17) is 12.8 Å². The van der Waals surface area contributed by atoms with E-state index in [0.29, 0.717) is 0 Å². The smallest absolute Gasteiger partial charge is 0.280 e. The summed E-state index contributed by atoms with van der Waals surface area (Å²) < 4.78 is 0. The van der Waals surface area contributed by atoms with Gasteiger partial charge in [-0.3, -0.25) is 11.8 Å². The van der Waals surface area contributed by atoms with E-state index in [1.165, 1.54) is 0 Å². The van der Waals surface area contributed by atoms with Crippen LogP contribution in [0.15, 0.2) is 0 Å². The van der Waals surface area contributed by atoms with E-state index in [1.807, 2.05) is 0 Å². The fraction of sp³-hybridized carbons (Fsp3) is 0. The highest BCUT2D eigenvalue weighted by Gasteiger charge is 1.09. The molecule has 0 aliphatic carbocycles. The lowest BCUT2D eigenvalue weighted by Gasteiger charge is -1.75. The highest BCUT2D eigenvalue weighted by molar-refractivity contribution is 5.28. The summed E-state index contributed by atoms with van der Waals surface area (Å²) in [7, 11) is 0. The van der Waals surface area contributed by atoms with E-state index in [-0.39, 0.29) is 0 Å². The van der Waals surface area contributed by atoms with Crippen molar-refractivity contribution in [1.29, 1.82) is 0 Å². The van der Waals surface area contributed by atoms with E-state index in [1.54, 1.807) is 11.8 Å². The average molecular weight is 72.1 g/mol. The van der Waals surface area contributed by atoms with Gasteiger partial charge in [-0.1, -0.05) is 0 Å². The maximum atomic E-state index is 6.16. The first-order valence-corrected chi connectivity index (χ1v) is 1.25. The molecule has 0 aromatic heterocycles. The molecule has 0 nitrogen and oxygen atoms in total. The molecule has 0 bridgehead atoms. The molecule has 0 aliphatic heterocycles. The molecule has 0 saturated heterocycles. The first-order valence-electron chi connectivity index (χ1n) is 1.25. The van der Waals surface area contributed by atoms with E-state index >= 15 is 0 Å². The van der Waals surface area contributed by atoms with Crippen LogP contribution in [-0.2, 0) is 0 Å². The number of rotatable bonds is 0. The Bertz CT molecular complexity index is 133. The minimum Gasteiger partial charge on any atom is -0.360 e. The molecule has 0 aromatic rings. The van der Waals surface area contributed by atoms with Crippen molar-refractivity contribution in [3.8, 4) is 23.7 Å². The van der Waals surface area contributed by atoms with E-state index in [2.05, 4.69) is 11.8 Å². The van der Waals surface area contributed by atoms with E-state index in [0.717, 1.165) is 0 Å². The average Bonchev–Trinajstić information content (AvgIpc) is 1.61. The Morgan fingerprint density at radius 2 is 1.17 bits per heavy atom. The van der Waals surface area contributed by atoms with Gasteiger partial charge >= 0.3 is 0 Å². The summed E-state index contributed by atoms with van der Waals surface area (Å²) in [6.07, 6.45) is 12.3. The van der Waals surface area contributed by atoms with Crippen LogP contribution in [-0.4, -0.2) is 0 Å². The summed E-state index contributed by atoms with van der Waals surface area (Å²) in [5, 5.41) is 0. The van der Waals surface area contributed by atoms with Crippen LogP contribution >= 0.6 is 0 Å². The zero-order valence-corrected chi connectivity index (χ0v) is 3.00. The van der Waals surface area contributed by atoms with Gasteiger partial charge < -0.3 is 24.7 Å². The minimum absolute atomic E-state index is 1.78. The summed E-state index contributed by atoms with van der Waals surface area (Å²) in [4.78, 5) is 0. The van der Waals surface area contributed by atoms with Crippen LogP contribution < -0.4 is 0 Å². The van der Waals surface area contributed by atoms with E-state index < -0.39 is 0 Å². The van der Waals surface area contributed by atoms with Gasteiger partial charge in [0.1, 0.15) is 0 Å². The number of hydrogen-bond acceptors (Lipinski definition) is 0. The second kappa shape index (κ2) is 3.68. The van der Waals surface area contributed by atoms with Crippen molar-refractivity contribution >= 4 is 0 Å². The van der Waals surface area contributed by atoms with Crippen LogP contribution in [0.1, 0.15) is 0 Å². The van der Waals surface area contributed by atoms with Crippen molar-refractivity contribution in [1.82, 2.24) is 0 Å². The fourth-order valence-electron chi connectivity index (χ4n) is 0.0625. The van der Waals surface area contributed by atoms with Crippen molar-refractivity contribution in [2.75, 3.05) is 0 Å².